The number of benzene rings is 2. The highest BCUT2D eigenvalue weighted by Gasteiger charge is 2.41. The molecular formula is C22H24ClNO3S. The molecule has 1 amide bonds. The Morgan fingerprint density at radius 2 is 2.00 bits per heavy atom. The Hall–Kier alpha value is -1.85. The van der Waals surface area contributed by atoms with Gasteiger partial charge in [0.1, 0.15) is 17.5 Å². The van der Waals surface area contributed by atoms with Gasteiger partial charge in [-0.25, -0.2) is 4.79 Å². The number of carbonyl (C=O) groups is 1. The monoisotopic (exact) mass is 417 g/mol. The van der Waals surface area contributed by atoms with E-state index >= 15 is 0 Å². The lowest BCUT2D eigenvalue weighted by molar-refractivity contribution is 0.00789. The first-order chi connectivity index (χ1) is 13.3. The largest absolute Gasteiger partial charge is 0.488 e. The minimum Gasteiger partial charge on any atom is -0.488 e. The Kier molecular flexibility index (Phi) is 5.23. The average molecular weight is 418 g/mol. The van der Waals surface area contributed by atoms with Crippen LogP contribution in [0.1, 0.15) is 38.7 Å². The summed E-state index contributed by atoms with van der Waals surface area (Å²) in [5.41, 5.74) is 0.751. The summed E-state index contributed by atoms with van der Waals surface area (Å²) in [6.07, 6.45) is 0.604. The smallest absolute Gasteiger partial charge is 0.410 e. The van der Waals surface area contributed by atoms with Gasteiger partial charge in [-0.1, -0.05) is 29.4 Å². The van der Waals surface area contributed by atoms with E-state index in [2.05, 4.69) is 18.2 Å². The SMILES string of the molecule is CC(C)(C)OC(=O)N1CCC2c3cc(Sc4cccc(Cl)c4)ccc3OC2C1. The number of nitrogens with zero attached hydrogens (tertiary/aromatic N) is 1. The zero-order valence-electron chi connectivity index (χ0n) is 16.3. The van der Waals surface area contributed by atoms with Crippen molar-refractivity contribution in [2.24, 2.45) is 0 Å². The van der Waals surface area contributed by atoms with E-state index in [1.807, 2.05) is 45.0 Å². The average Bonchev–Trinajstić information content (AvgIpc) is 2.97. The van der Waals surface area contributed by atoms with Crippen molar-refractivity contribution in [1.29, 1.82) is 0 Å². The van der Waals surface area contributed by atoms with Crippen molar-refractivity contribution >= 4 is 29.5 Å². The molecule has 0 radical (unpaired) electrons. The fraction of sp³-hybridized carbons (Fsp3) is 0.409. The molecule has 0 spiro atoms. The first-order valence-electron chi connectivity index (χ1n) is 9.50. The quantitative estimate of drug-likeness (QED) is 0.602. The number of likely N-dealkylation sites (tertiary alicyclic amines) is 1. The molecule has 0 N–H and O–H groups in total. The molecule has 0 aliphatic carbocycles. The maximum atomic E-state index is 12.4. The van der Waals surface area contributed by atoms with Crippen LogP contribution >= 0.6 is 23.4 Å². The summed E-state index contributed by atoms with van der Waals surface area (Å²) in [7, 11) is 0. The Balaban J connectivity index is 1.46. The molecule has 2 heterocycles. The molecule has 28 heavy (non-hydrogen) atoms. The third-order valence-corrected chi connectivity index (χ3v) is 6.12. The molecular weight excluding hydrogens is 394 g/mol. The van der Waals surface area contributed by atoms with Crippen LogP contribution in [0.3, 0.4) is 0 Å². The summed E-state index contributed by atoms with van der Waals surface area (Å²) in [5, 5.41) is 0.740. The first-order valence-corrected chi connectivity index (χ1v) is 10.7. The maximum Gasteiger partial charge on any atom is 0.410 e. The van der Waals surface area contributed by atoms with Crippen molar-refractivity contribution in [2.45, 2.75) is 54.6 Å². The molecule has 2 aromatic rings. The fourth-order valence-electron chi connectivity index (χ4n) is 3.70. The molecule has 2 aliphatic heterocycles. The van der Waals surface area contributed by atoms with Crippen molar-refractivity contribution in [3.63, 3.8) is 0 Å². The maximum absolute atomic E-state index is 12.4. The van der Waals surface area contributed by atoms with Crippen LogP contribution in [0.2, 0.25) is 5.02 Å². The summed E-state index contributed by atoms with van der Waals surface area (Å²) >= 11 is 7.79. The number of hydrogen-bond acceptors (Lipinski definition) is 4. The van der Waals surface area contributed by atoms with Crippen LogP contribution in [0, 0.1) is 0 Å². The van der Waals surface area contributed by atoms with Crippen LogP contribution < -0.4 is 4.74 Å². The van der Waals surface area contributed by atoms with E-state index in [0.29, 0.717) is 19.0 Å². The number of amides is 1. The van der Waals surface area contributed by atoms with Crippen molar-refractivity contribution in [3.8, 4) is 5.75 Å². The highest BCUT2D eigenvalue weighted by molar-refractivity contribution is 7.99. The molecule has 2 unspecified atom stereocenters. The lowest BCUT2D eigenvalue weighted by Crippen LogP contribution is -2.47. The molecule has 0 aromatic heterocycles. The van der Waals surface area contributed by atoms with Crippen molar-refractivity contribution < 1.29 is 14.3 Å². The van der Waals surface area contributed by atoms with E-state index in [1.54, 1.807) is 16.7 Å². The normalized spacial score (nSPS) is 20.9. The van der Waals surface area contributed by atoms with Crippen LogP contribution in [0.4, 0.5) is 4.79 Å². The van der Waals surface area contributed by atoms with Gasteiger partial charge in [0, 0.05) is 32.8 Å². The molecule has 148 valence electrons. The number of halogens is 1. The number of fused-ring (bicyclic) bond motifs is 3. The number of hydrogen-bond donors (Lipinski definition) is 0. The van der Waals surface area contributed by atoms with E-state index in [-0.39, 0.29) is 12.2 Å². The molecule has 2 atom stereocenters. The Morgan fingerprint density at radius 3 is 2.75 bits per heavy atom. The molecule has 4 nitrogen and oxygen atoms in total. The number of rotatable bonds is 2. The molecule has 1 fully saturated rings. The molecule has 1 saturated heterocycles. The summed E-state index contributed by atoms with van der Waals surface area (Å²) in [5.74, 6) is 1.24. The zero-order valence-corrected chi connectivity index (χ0v) is 17.8. The second-order valence-corrected chi connectivity index (χ2v) is 9.82. The molecule has 2 aromatic carbocycles. The topological polar surface area (TPSA) is 38.8 Å². The van der Waals surface area contributed by atoms with Gasteiger partial charge in [0.25, 0.3) is 0 Å². The van der Waals surface area contributed by atoms with E-state index in [9.17, 15) is 4.79 Å². The Bertz CT molecular complexity index is 896. The zero-order chi connectivity index (χ0) is 19.9. The predicted octanol–water partition coefficient (Wildman–Crippen LogP) is 5.98. The molecule has 6 heteroatoms. The minimum absolute atomic E-state index is 0.0114. The van der Waals surface area contributed by atoms with E-state index in [1.165, 1.54) is 10.5 Å². The van der Waals surface area contributed by atoms with Gasteiger partial charge in [-0.3, -0.25) is 0 Å². The molecule has 2 aliphatic rings. The molecule has 4 rings (SSSR count). The third kappa shape index (κ3) is 4.26. The highest BCUT2D eigenvalue weighted by Crippen LogP contribution is 2.45. The van der Waals surface area contributed by atoms with Crippen LogP contribution in [0.5, 0.6) is 5.75 Å². The third-order valence-electron chi connectivity index (χ3n) is 4.90. The van der Waals surface area contributed by atoms with Gasteiger partial charge in [0.15, 0.2) is 0 Å². The van der Waals surface area contributed by atoms with Gasteiger partial charge in [-0.2, -0.15) is 0 Å². The number of ether oxygens (including phenoxy) is 2. The summed E-state index contributed by atoms with van der Waals surface area (Å²) in [6.45, 7) is 6.91. The van der Waals surface area contributed by atoms with Crippen LogP contribution in [0.15, 0.2) is 52.3 Å². The van der Waals surface area contributed by atoms with Crippen LogP contribution in [-0.4, -0.2) is 35.8 Å². The van der Waals surface area contributed by atoms with Gasteiger partial charge >= 0.3 is 6.09 Å². The van der Waals surface area contributed by atoms with E-state index < -0.39 is 5.60 Å². The molecule has 0 saturated carbocycles. The van der Waals surface area contributed by atoms with Gasteiger partial charge in [0.05, 0.1) is 6.54 Å². The van der Waals surface area contributed by atoms with Crippen LogP contribution in [-0.2, 0) is 4.74 Å². The fourth-order valence-corrected chi connectivity index (χ4v) is 4.88. The van der Waals surface area contributed by atoms with Crippen molar-refractivity contribution in [2.75, 3.05) is 13.1 Å². The number of piperidine rings is 1. The van der Waals surface area contributed by atoms with Crippen LogP contribution in [0.25, 0.3) is 0 Å². The van der Waals surface area contributed by atoms with E-state index in [4.69, 9.17) is 21.1 Å². The van der Waals surface area contributed by atoms with Gasteiger partial charge in [-0.05, 0) is 63.6 Å². The van der Waals surface area contributed by atoms with E-state index in [0.717, 1.165) is 22.1 Å². The second kappa shape index (κ2) is 7.53. The molecule has 0 bridgehead atoms. The van der Waals surface area contributed by atoms with Gasteiger partial charge in [0.2, 0.25) is 0 Å². The lowest BCUT2D eigenvalue weighted by Gasteiger charge is -2.35. The van der Waals surface area contributed by atoms with Crippen molar-refractivity contribution in [3.05, 3.63) is 53.1 Å². The second-order valence-electron chi connectivity index (χ2n) is 8.24. The van der Waals surface area contributed by atoms with Gasteiger partial charge < -0.3 is 14.4 Å². The first kappa shape index (κ1) is 19.5. The van der Waals surface area contributed by atoms with Crippen molar-refractivity contribution in [1.82, 2.24) is 4.90 Å². The summed E-state index contributed by atoms with van der Waals surface area (Å²) < 4.78 is 11.7. The highest BCUT2D eigenvalue weighted by atomic mass is 35.5. The Labute approximate surface area is 175 Å². The summed E-state index contributed by atoms with van der Waals surface area (Å²) in [6, 6.07) is 14.2. The van der Waals surface area contributed by atoms with Gasteiger partial charge in [-0.15, -0.1) is 0 Å². The predicted molar refractivity (Wildman–Crippen MR) is 112 cm³/mol. The lowest BCUT2D eigenvalue weighted by atomic mass is 9.89. The summed E-state index contributed by atoms with van der Waals surface area (Å²) in [4.78, 5) is 16.4. The minimum atomic E-state index is -0.486. The Morgan fingerprint density at radius 1 is 1.21 bits per heavy atom. The standard InChI is InChI=1S/C22H24ClNO3S/c1-22(2,3)27-21(25)24-10-9-17-18-12-16(7-8-19(18)26-20(17)13-24)28-15-6-4-5-14(23)11-15/h4-8,11-12,17,20H,9-10,13H2,1-3H3. The number of carbonyl (C=O) groups excluding carboxylic acids is 1.